The molecule has 33 heavy (non-hydrogen) atoms. The van der Waals surface area contributed by atoms with Crippen molar-refractivity contribution in [2.75, 3.05) is 32.1 Å². The lowest BCUT2D eigenvalue weighted by Gasteiger charge is -2.29. The topological polar surface area (TPSA) is 92.5 Å². The van der Waals surface area contributed by atoms with Gasteiger partial charge in [-0.05, 0) is 37.6 Å². The van der Waals surface area contributed by atoms with E-state index in [9.17, 15) is 14.3 Å². The lowest BCUT2D eigenvalue weighted by atomic mass is 9.95. The summed E-state index contributed by atoms with van der Waals surface area (Å²) in [5.74, 6) is 1.36. The third-order valence-corrected chi connectivity index (χ3v) is 7.62. The Morgan fingerprint density at radius 1 is 1.33 bits per heavy atom. The molecule has 8 nitrogen and oxygen atoms in total. The number of thioether (sulfide) groups is 1. The standard InChI is InChI=1S/C23H24FN5O3S/c24-16-8-27-17-1-2-20(30)29-12-23(31,21(16)22(17)29)11-28-4-3-14(10-28)6-25-7-15-5-19-18(9-26-15)32-13-33-19/h1-2,5,8-9,14,25,31H,3-4,6-7,10-13H2/t14-,23?/m1/s1. The van der Waals surface area contributed by atoms with Crippen LogP contribution in [0.25, 0.3) is 11.0 Å². The van der Waals surface area contributed by atoms with Crippen molar-refractivity contribution < 1.29 is 14.2 Å². The zero-order chi connectivity index (χ0) is 22.6. The fourth-order valence-corrected chi connectivity index (χ4v) is 6.03. The van der Waals surface area contributed by atoms with E-state index < -0.39 is 11.4 Å². The van der Waals surface area contributed by atoms with Crippen molar-refractivity contribution in [1.29, 1.82) is 0 Å². The molecule has 6 rings (SSSR count). The Morgan fingerprint density at radius 2 is 2.24 bits per heavy atom. The summed E-state index contributed by atoms with van der Waals surface area (Å²) in [6, 6.07) is 5.07. The van der Waals surface area contributed by atoms with E-state index in [0.29, 0.717) is 29.4 Å². The molecule has 2 N–H and O–H groups in total. The number of nitrogens with zero attached hydrogens (tertiary/aromatic N) is 4. The molecule has 0 amide bonds. The number of ether oxygens (including phenoxy) is 1. The minimum Gasteiger partial charge on any atom is -0.480 e. The lowest BCUT2D eigenvalue weighted by Crippen LogP contribution is -2.42. The van der Waals surface area contributed by atoms with E-state index in [1.165, 1.54) is 10.6 Å². The maximum absolute atomic E-state index is 14.8. The summed E-state index contributed by atoms with van der Waals surface area (Å²) in [6.07, 6.45) is 3.91. The van der Waals surface area contributed by atoms with Crippen molar-refractivity contribution >= 4 is 22.8 Å². The van der Waals surface area contributed by atoms with Crippen LogP contribution in [0.2, 0.25) is 0 Å². The number of aliphatic hydroxyl groups is 1. The highest BCUT2D eigenvalue weighted by molar-refractivity contribution is 7.99. The normalized spacial score (nSPS) is 23.9. The molecule has 2 atom stereocenters. The predicted molar refractivity (Wildman–Crippen MR) is 122 cm³/mol. The van der Waals surface area contributed by atoms with Gasteiger partial charge in [-0.3, -0.25) is 19.7 Å². The SMILES string of the molecule is O=c1ccc2ncc(F)c3c2n1CC3(O)CN1CC[C@H](CNCc2cc3c(cn2)OCS3)C1. The third-order valence-electron chi connectivity index (χ3n) is 6.75. The number of aromatic nitrogens is 3. The van der Waals surface area contributed by atoms with Gasteiger partial charge in [0.25, 0.3) is 5.56 Å². The first-order valence-electron chi connectivity index (χ1n) is 11.1. The lowest BCUT2D eigenvalue weighted by molar-refractivity contribution is -0.00470. The number of rotatable bonds is 6. The van der Waals surface area contributed by atoms with Crippen LogP contribution < -0.4 is 15.6 Å². The number of halogens is 1. The molecule has 0 aliphatic carbocycles. The van der Waals surface area contributed by atoms with Crippen LogP contribution in [0.5, 0.6) is 5.75 Å². The monoisotopic (exact) mass is 469 g/mol. The van der Waals surface area contributed by atoms with E-state index in [2.05, 4.69) is 26.3 Å². The molecule has 0 saturated carbocycles. The Balaban J connectivity index is 1.10. The number of fused-ring (bicyclic) bond motifs is 1. The number of pyridine rings is 3. The Morgan fingerprint density at radius 3 is 3.15 bits per heavy atom. The summed E-state index contributed by atoms with van der Waals surface area (Å²) in [5, 5.41) is 15.0. The molecule has 1 unspecified atom stereocenters. The van der Waals surface area contributed by atoms with Crippen molar-refractivity contribution in [3.8, 4) is 5.75 Å². The molecule has 3 aliphatic heterocycles. The summed E-state index contributed by atoms with van der Waals surface area (Å²) in [5.41, 5.74) is 0.414. The predicted octanol–water partition coefficient (Wildman–Crippen LogP) is 1.69. The van der Waals surface area contributed by atoms with E-state index in [0.717, 1.165) is 48.6 Å². The summed E-state index contributed by atoms with van der Waals surface area (Å²) in [4.78, 5) is 24.2. The Kier molecular flexibility index (Phi) is 5.13. The number of hydrogen-bond donors (Lipinski definition) is 2. The van der Waals surface area contributed by atoms with Crippen molar-refractivity contribution in [2.45, 2.75) is 30.0 Å². The van der Waals surface area contributed by atoms with E-state index >= 15 is 0 Å². The van der Waals surface area contributed by atoms with Gasteiger partial charge >= 0.3 is 0 Å². The van der Waals surface area contributed by atoms with Gasteiger partial charge in [0.15, 0.2) is 5.75 Å². The van der Waals surface area contributed by atoms with Crippen LogP contribution in [-0.2, 0) is 18.7 Å². The molecule has 0 bridgehead atoms. The van der Waals surface area contributed by atoms with Gasteiger partial charge in [-0.25, -0.2) is 4.39 Å². The van der Waals surface area contributed by atoms with Crippen LogP contribution in [0.4, 0.5) is 4.39 Å². The first-order chi connectivity index (χ1) is 16.0. The summed E-state index contributed by atoms with van der Waals surface area (Å²) in [7, 11) is 0. The number of hydrogen-bond acceptors (Lipinski definition) is 8. The summed E-state index contributed by atoms with van der Waals surface area (Å²) < 4.78 is 21.7. The largest absolute Gasteiger partial charge is 0.480 e. The number of nitrogens with one attached hydrogen (secondary N) is 1. The van der Waals surface area contributed by atoms with Crippen LogP contribution in [0.1, 0.15) is 17.7 Å². The molecular formula is C23H24FN5O3S. The second kappa shape index (κ2) is 8.05. The molecular weight excluding hydrogens is 445 g/mol. The number of β-amino-alcohol motifs (C(OH)–C–C–N with tert-alkyl or cyclic N) is 1. The van der Waals surface area contributed by atoms with Crippen molar-refractivity contribution in [2.24, 2.45) is 5.92 Å². The van der Waals surface area contributed by atoms with Crippen LogP contribution in [0, 0.1) is 11.7 Å². The van der Waals surface area contributed by atoms with Gasteiger partial charge in [0.2, 0.25) is 0 Å². The molecule has 10 heteroatoms. The first-order valence-corrected chi connectivity index (χ1v) is 12.1. The second-order valence-electron chi connectivity index (χ2n) is 9.05. The van der Waals surface area contributed by atoms with Crippen molar-refractivity contribution in [3.63, 3.8) is 0 Å². The Hall–Kier alpha value is -2.53. The molecule has 172 valence electrons. The van der Waals surface area contributed by atoms with E-state index in [4.69, 9.17) is 4.74 Å². The minimum atomic E-state index is -1.45. The zero-order valence-corrected chi connectivity index (χ0v) is 18.8. The van der Waals surface area contributed by atoms with Crippen LogP contribution in [-0.4, -0.2) is 56.7 Å². The van der Waals surface area contributed by atoms with Gasteiger partial charge in [-0.1, -0.05) is 11.8 Å². The molecule has 0 spiro atoms. The quantitative estimate of drug-likeness (QED) is 0.564. The van der Waals surface area contributed by atoms with Crippen molar-refractivity contribution in [3.05, 3.63) is 58.0 Å². The van der Waals surface area contributed by atoms with Crippen LogP contribution in [0.3, 0.4) is 0 Å². The molecule has 1 saturated heterocycles. The van der Waals surface area contributed by atoms with E-state index in [-0.39, 0.29) is 24.2 Å². The smallest absolute Gasteiger partial charge is 0.251 e. The van der Waals surface area contributed by atoms with Gasteiger partial charge < -0.3 is 19.7 Å². The highest BCUT2D eigenvalue weighted by Crippen LogP contribution is 2.38. The maximum atomic E-state index is 14.8. The molecule has 1 fully saturated rings. The summed E-state index contributed by atoms with van der Waals surface area (Å²) in [6.45, 7) is 3.48. The maximum Gasteiger partial charge on any atom is 0.251 e. The molecule has 3 aromatic rings. The van der Waals surface area contributed by atoms with Gasteiger partial charge in [0.1, 0.15) is 17.4 Å². The second-order valence-corrected chi connectivity index (χ2v) is 10.0. The first kappa shape index (κ1) is 21.0. The van der Waals surface area contributed by atoms with E-state index in [1.807, 2.05) is 0 Å². The van der Waals surface area contributed by atoms with Gasteiger partial charge in [-0.2, -0.15) is 0 Å². The fourth-order valence-electron chi connectivity index (χ4n) is 5.24. The van der Waals surface area contributed by atoms with Gasteiger partial charge in [0.05, 0.1) is 46.1 Å². The van der Waals surface area contributed by atoms with Gasteiger partial charge in [0, 0.05) is 25.7 Å². The van der Waals surface area contributed by atoms with Crippen LogP contribution in [0.15, 0.2) is 40.3 Å². The highest BCUT2D eigenvalue weighted by atomic mass is 32.2. The molecule has 0 aromatic carbocycles. The highest BCUT2D eigenvalue weighted by Gasteiger charge is 2.43. The number of likely N-dealkylation sites (tertiary alicyclic amines) is 1. The summed E-state index contributed by atoms with van der Waals surface area (Å²) >= 11 is 1.68. The Labute approximate surface area is 193 Å². The molecule has 3 aromatic heterocycles. The van der Waals surface area contributed by atoms with Gasteiger partial charge in [-0.15, -0.1) is 0 Å². The van der Waals surface area contributed by atoms with Crippen LogP contribution >= 0.6 is 11.8 Å². The van der Waals surface area contributed by atoms with Crippen molar-refractivity contribution in [1.82, 2.24) is 24.8 Å². The minimum absolute atomic E-state index is 0.0479. The third kappa shape index (κ3) is 3.71. The zero-order valence-electron chi connectivity index (χ0n) is 18.0. The fraction of sp³-hybridized carbons (Fsp3) is 0.435. The van der Waals surface area contributed by atoms with E-state index in [1.54, 1.807) is 24.0 Å². The Bertz CT molecular complexity index is 1300. The molecule has 6 heterocycles. The average molecular weight is 470 g/mol. The average Bonchev–Trinajstić information content (AvgIpc) is 3.51. The molecule has 3 aliphatic rings. The molecule has 0 radical (unpaired) electrons.